The second-order valence-electron chi connectivity index (χ2n) is 4.82. The highest BCUT2D eigenvalue weighted by Crippen LogP contribution is 2.25. The molecule has 1 aromatic heterocycles. The summed E-state index contributed by atoms with van der Waals surface area (Å²) in [5, 5.41) is 0. The van der Waals surface area contributed by atoms with Crippen LogP contribution >= 0.6 is 15.9 Å². The van der Waals surface area contributed by atoms with Crippen molar-refractivity contribution in [3.05, 3.63) is 23.0 Å². The molecule has 0 fully saturated rings. The van der Waals surface area contributed by atoms with Crippen LogP contribution < -0.4 is 4.74 Å². The number of nitrogens with zero attached hydrogens (tertiary/aromatic N) is 1. The first-order chi connectivity index (χ1) is 8.60. The summed E-state index contributed by atoms with van der Waals surface area (Å²) in [6.45, 7) is 6.37. The molecule has 2 nitrogen and oxygen atoms in total. The van der Waals surface area contributed by atoms with Gasteiger partial charge in [0.1, 0.15) is 5.75 Å². The molecule has 0 aliphatic heterocycles. The van der Waals surface area contributed by atoms with E-state index in [1.54, 1.807) is 7.11 Å². The van der Waals surface area contributed by atoms with Gasteiger partial charge in [0.15, 0.2) is 0 Å². The minimum Gasteiger partial charge on any atom is -0.496 e. The summed E-state index contributed by atoms with van der Waals surface area (Å²) in [6, 6.07) is 0. The molecule has 18 heavy (non-hydrogen) atoms. The number of rotatable bonds is 7. The van der Waals surface area contributed by atoms with E-state index >= 15 is 0 Å². The van der Waals surface area contributed by atoms with E-state index in [9.17, 15) is 0 Å². The number of hydrogen-bond acceptors (Lipinski definition) is 2. The molecule has 1 rings (SSSR count). The van der Waals surface area contributed by atoms with Crippen LogP contribution in [-0.2, 0) is 6.42 Å². The Kier molecular flexibility index (Phi) is 6.69. The van der Waals surface area contributed by atoms with Crippen molar-refractivity contribution in [1.82, 2.24) is 4.98 Å². The Morgan fingerprint density at radius 3 is 2.67 bits per heavy atom. The van der Waals surface area contributed by atoms with Crippen LogP contribution in [0.5, 0.6) is 5.75 Å². The first-order valence-electron chi connectivity index (χ1n) is 6.73. The number of pyridine rings is 1. The number of ether oxygens (including phenoxy) is 1. The SMILES string of the molecule is CCCC(Br)CCCc1ncc(C)c(OC)c1C. The lowest BCUT2D eigenvalue weighted by molar-refractivity contribution is 0.406. The number of aromatic nitrogens is 1. The number of aryl methyl sites for hydroxylation is 2. The van der Waals surface area contributed by atoms with Gasteiger partial charge in [0, 0.05) is 27.8 Å². The Labute approximate surface area is 119 Å². The van der Waals surface area contributed by atoms with Crippen molar-refractivity contribution >= 4 is 15.9 Å². The van der Waals surface area contributed by atoms with Crippen LogP contribution in [0.3, 0.4) is 0 Å². The summed E-state index contributed by atoms with van der Waals surface area (Å²) in [5.41, 5.74) is 3.48. The summed E-state index contributed by atoms with van der Waals surface area (Å²) < 4.78 is 5.43. The predicted octanol–water partition coefficient (Wildman–Crippen LogP) is 4.59. The molecular weight excluding hydrogens is 290 g/mol. The third-order valence-electron chi connectivity index (χ3n) is 3.28. The Hall–Kier alpha value is -0.570. The molecule has 0 radical (unpaired) electrons. The molecule has 0 aliphatic carbocycles. The second kappa shape index (κ2) is 7.78. The highest BCUT2D eigenvalue weighted by atomic mass is 79.9. The average molecular weight is 314 g/mol. The minimum atomic E-state index is 0.648. The van der Waals surface area contributed by atoms with Gasteiger partial charge in [-0.3, -0.25) is 4.98 Å². The standard InChI is InChI=1S/C15H24BrNO/c1-5-7-13(16)8-6-9-14-12(3)15(18-4)11(2)10-17-14/h10,13H,5-9H2,1-4H3. The average Bonchev–Trinajstić information content (AvgIpc) is 2.33. The fourth-order valence-corrected chi connectivity index (χ4v) is 3.05. The van der Waals surface area contributed by atoms with Gasteiger partial charge in [0.25, 0.3) is 0 Å². The van der Waals surface area contributed by atoms with Gasteiger partial charge in [-0.25, -0.2) is 0 Å². The number of methoxy groups -OCH3 is 1. The molecule has 1 unspecified atom stereocenters. The fourth-order valence-electron chi connectivity index (χ4n) is 2.27. The molecule has 0 saturated carbocycles. The van der Waals surface area contributed by atoms with Crippen LogP contribution in [0.2, 0.25) is 0 Å². The molecule has 0 N–H and O–H groups in total. The van der Waals surface area contributed by atoms with E-state index in [2.05, 4.69) is 34.8 Å². The normalized spacial score (nSPS) is 12.5. The van der Waals surface area contributed by atoms with Crippen LogP contribution in [0.4, 0.5) is 0 Å². The van der Waals surface area contributed by atoms with E-state index in [1.165, 1.54) is 36.9 Å². The Balaban J connectivity index is 2.58. The lowest BCUT2D eigenvalue weighted by atomic mass is 10.0. The fraction of sp³-hybridized carbons (Fsp3) is 0.667. The maximum atomic E-state index is 5.43. The van der Waals surface area contributed by atoms with Gasteiger partial charge in [-0.05, 0) is 39.5 Å². The van der Waals surface area contributed by atoms with Crippen LogP contribution in [0.25, 0.3) is 0 Å². The maximum Gasteiger partial charge on any atom is 0.128 e. The molecule has 0 aliphatic rings. The zero-order chi connectivity index (χ0) is 13.5. The zero-order valence-corrected chi connectivity index (χ0v) is 13.5. The first kappa shape index (κ1) is 15.5. The molecule has 1 atom stereocenters. The number of halogens is 1. The van der Waals surface area contributed by atoms with Gasteiger partial charge < -0.3 is 4.74 Å². The van der Waals surface area contributed by atoms with Crippen LogP contribution in [0.15, 0.2) is 6.20 Å². The van der Waals surface area contributed by atoms with Gasteiger partial charge in [0.2, 0.25) is 0 Å². The molecule has 1 heterocycles. The van der Waals surface area contributed by atoms with Crippen LogP contribution in [0.1, 0.15) is 49.4 Å². The minimum absolute atomic E-state index is 0.648. The lowest BCUT2D eigenvalue weighted by Crippen LogP contribution is -2.02. The Morgan fingerprint density at radius 2 is 2.06 bits per heavy atom. The van der Waals surface area contributed by atoms with Crippen LogP contribution in [0, 0.1) is 13.8 Å². The third kappa shape index (κ3) is 4.27. The number of alkyl halides is 1. The second-order valence-corrected chi connectivity index (χ2v) is 6.12. The molecule has 0 aromatic carbocycles. The monoisotopic (exact) mass is 313 g/mol. The molecule has 102 valence electrons. The molecule has 3 heteroatoms. The molecule has 0 saturated heterocycles. The molecule has 0 amide bonds. The van der Waals surface area contributed by atoms with Gasteiger partial charge in [0.05, 0.1) is 7.11 Å². The van der Waals surface area contributed by atoms with Gasteiger partial charge in [-0.15, -0.1) is 0 Å². The summed E-state index contributed by atoms with van der Waals surface area (Å²) in [6.07, 6.45) is 7.84. The summed E-state index contributed by atoms with van der Waals surface area (Å²) in [5.74, 6) is 0.990. The zero-order valence-electron chi connectivity index (χ0n) is 11.9. The van der Waals surface area contributed by atoms with Crippen molar-refractivity contribution in [3.8, 4) is 5.75 Å². The van der Waals surface area contributed by atoms with Crippen molar-refractivity contribution in [2.45, 2.75) is 57.7 Å². The van der Waals surface area contributed by atoms with E-state index in [0.717, 1.165) is 17.7 Å². The summed E-state index contributed by atoms with van der Waals surface area (Å²) in [7, 11) is 1.73. The van der Waals surface area contributed by atoms with Crippen molar-refractivity contribution in [2.75, 3.05) is 7.11 Å². The number of hydrogen-bond donors (Lipinski definition) is 0. The third-order valence-corrected chi connectivity index (χ3v) is 4.20. The molecular formula is C15H24BrNO. The molecule has 1 aromatic rings. The topological polar surface area (TPSA) is 22.1 Å². The summed E-state index contributed by atoms with van der Waals surface area (Å²) >= 11 is 3.72. The van der Waals surface area contributed by atoms with Gasteiger partial charge >= 0.3 is 0 Å². The highest BCUT2D eigenvalue weighted by molar-refractivity contribution is 9.09. The largest absolute Gasteiger partial charge is 0.496 e. The molecule has 0 bridgehead atoms. The smallest absolute Gasteiger partial charge is 0.128 e. The first-order valence-corrected chi connectivity index (χ1v) is 7.64. The lowest BCUT2D eigenvalue weighted by Gasteiger charge is -2.13. The highest BCUT2D eigenvalue weighted by Gasteiger charge is 2.10. The van der Waals surface area contributed by atoms with E-state index in [-0.39, 0.29) is 0 Å². The van der Waals surface area contributed by atoms with E-state index in [4.69, 9.17) is 4.74 Å². The maximum absolute atomic E-state index is 5.43. The van der Waals surface area contributed by atoms with E-state index in [1.807, 2.05) is 13.1 Å². The quantitative estimate of drug-likeness (QED) is 0.687. The molecule has 0 spiro atoms. The van der Waals surface area contributed by atoms with E-state index < -0.39 is 0 Å². The van der Waals surface area contributed by atoms with Gasteiger partial charge in [-0.1, -0.05) is 29.3 Å². The van der Waals surface area contributed by atoms with Crippen molar-refractivity contribution in [1.29, 1.82) is 0 Å². The Bertz CT molecular complexity index is 379. The van der Waals surface area contributed by atoms with Gasteiger partial charge in [-0.2, -0.15) is 0 Å². The summed E-state index contributed by atoms with van der Waals surface area (Å²) in [4.78, 5) is 5.18. The predicted molar refractivity (Wildman–Crippen MR) is 80.8 cm³/mol. The van der Waals surface area contributed by atoms with E-state index in [0.29, 0.717) is 4.83 Å². The van der Waals surface area contributed by atoms with Crippen LogP contribution in [-0.4, -0.2) is 16.9 Å². The van der Waals surface area contributed by atoms with Crippen molar-refractivity contribution < 1.29 is 4.74 Å². The van der Waals surface area contributed by atoms with Crippen molar-refractivity contribution in [3.63, 3.8) is 0 Å². The Morgan fingerprint density at radius 1 is 1.33 bits per heavy atom. The van der Waals surface area contributed by atoms with Crippen molar-refractivity contribution in [2.24, 2.45) is 0 Å².